The summed E-state index contributed by atoms with van der Waals surface area (Å²) in [5, 5.41) is 2.64. The predicted octanol–water partition coefficient (Wildman–Crippen LogP) is 3.39. The van der Waals surface area contributed by atoms with Crippen LogP contribution in [0, 0.1) is 0 Å². The van der Waals surface area contributed by atoms with Crippen LogP contribution in [0.2, 0.25) is 0 Å². The minimum absolute atomic E-state index is 0.149. The number of carbonyl (C=O) groups is 1. The number of halogens is 4. The first-order valence-corrected chi connectivity index (χ1v) is 6.27. The van der Waals surface area contributed by atoms with Crippen LogP contribution in [0.3, 0.4) is 0 Å². The number of benzene rings is 1. The van der Waals surface area contributed by atoms with E-state index in [1.165, 1.54) is 6.07 Å². The number of fused-ring (bicyclic) bond motifs is 1. The third kappa shape index (κ3) is 2.72. The van der Waals surface area contributed by atoms with Gasteiger partial charge in [0.25, 0.3) is 0 Å². The van der Waals surface area contributed by atoms with Crippen molar-refractivity contribution in [2.75, 3.05) is 5.32 Å². The summed E-state index contributed by atoms with van der Waals surface area (Å²) in [4.78, 5) is 11.5. The molecule has 0 fully saturated rings. The molecule has 0 aromatic heterocycles. The Labute approximate surface area is 110 Å². The monoisotopic (exact) mass is 355 g/mol. The van der Waals surface area contributed by atoms with Crippen molar-refractivity contribution in [1.29, 1.82) is 0 Å². The topological polar surface area (TPSA) is 29.1 Å². The Balaban J connectivity index is 2.38. The van der Waals surface area contributed by atoms with E-state index in [-0.39, 0.29) is 9.83 Å². The number of carbonyl (C=O) groups excluding carboxylic acids is 1. The lowest BCUT2D eigenvalue weighted by Gasteiger charge is -2.11. The van der Waals surface area contributed by atoms with Crippen LogP contribution >= 0.6 is 22.6 Å². The highest BCUT2D eigenvalue weighted by Gasteiger charge is 2.31. The lowest BCUT2D eigenvalue weighted by molar-refractivity contribution is -0.137. The Bertz CT molecular complexity index is 459. The lowest BCUT2D eigenvalue weighted by Crippen LogP contribution is -2.20. The summed E-state index contributed by atoms with van der Waals surface area (Å²) in [6.07, 6.45) is -3.30. The minimum Gasteiger partial charge on any atom is -0.325 e. The highest BCUT2D eigenvalue weighted by molar-refractivity contribution is 14.1. The molecular formula is C11H9F3INO. The SMILES string of the molecule is O=C1Nc2ccc(C(F)(F)F)cc2CCC1I. The number of hydrogen-bond acceptors (Lipinski definition) is 1. The van der Waals surface area contributed by atoms with Gasteiger partial charge in [-0.2, -0.15) is 13.2 Å². The van der Waals surface area contributed by atoms with Gasteiger partial charge in [-0.1, -0.05) is 22.6 Å². The minimum atomic E-state index is -4.34. The normalized spacial score (nSPS) is 20.5. The molecule has 1 unspecified atom stereocenters. The molecule has 1 amide bonds. The van der Waals surface area contributed by atoms with E-state index in [2.05, 4.69) is 5.32 Å². The van der Waals surface area contributed by atoms with E-state index in [9.17, 15) is 18.0 Å². The number of rotatable bonds is 0. The Kier molecular flexibility index (Phi) is 3.33. The number of anilines is 1. The predicted molar refractivity (Wildman–Crippen MR) is 66.2 cm³/mol. The number of amides is 1. The van der Waals surface area contributed by atoms with Gasteiger partial charge in [-0.25, -0.2) is 0 Å². The smallest absolute Gasteiger partial charge is 0.325 e. The summed E-state index contributed by atoms with van der Waals surface area (Å²) in [6.45, 7) is 0. The zero-order chi connectivity index (χ0) is 12.6. The molecule has 1 aliphatic rings. The first kappa shape index (κ1) is 12.7. The maximum Gasteiger partial charge on any atom is 0.416 e. The van der Waals surface area contributed by atoms with Crippen LogP contribution < -0.4 is 5.32 Å². The van der Waals surface area contributed by atoms with Gasteiger partial charge in [0.2, 0.25) is 5.91 Å². The molecule has 1 aromatic rings. The van der Waals surface area contributed by atoms with E-state index >= 15 is 0 Å². The Morgan fingerprint density at radius 2 is 2.06 bits per heavy atom. The second-order valence-electron chi connectivity index (χ2n) is 3.87. The van der Waals surface area contributed by atoms with E-state index in [1.807, 2.05) is 22.6 Å². The van der Waals surface area contributed by atoms with Crippen molar-refractivity contribution < 1.29 is 18.0 Å². The molecule has 0 saturated heterocycles. The average molecular weight is 355 g/mol. The Morgan fingerprint density at radius 1 is 1.35 bits per heavy atom. The molecule has 1 aromatic carbocycles. The Hall–Kier alpha value is -0.790. The van der Waals surface area contributed by atoms with Gasteiger partial charge in [0.1, 0.15) is 0 Å². The maximum absolute atomic E-state index is 12.5. The molecule has 0 aliphatic carbocycles. The third-order valence-electron chi connectivity index (χ3n) is 2.64. The molecule has 0 bridgehead atoms. The molecule has 0 saturated carbocycles. The molecule has 0 spiro atoms. The molecule has 6 heteroatoms. The van der Waals surface area contributed by atoms with Gasteiger partial charge in [0.15, 0.2) is 0 Å². The van der Waals surface area contributed by atoms with Crippen molar-refractivity contribution >= 4 is 34.2 Å². The van der Waals surface area contributed by atoms with Crippen molar-refractivity contribution in [3.63, 3.8) is 0 Å². The van der Waals surface area contributed by atoms with Crippen molar-refractivity contribution in [3.05, 3.63) is 29.3 Å². The van der Waals surface area contributed by atoms with Gasteiger partial charge in [-0.15, -0.1) is 0 Å². The quantitative estimate of drug-likeness (QED) is 0.561. The van der Waals surface area contributed by atoms with E-state index in [1.54, 1.807) is 0 Å². The summed E-state index contributed by atoms with van der Waals surface area (Å²) in [7, 11) is 0. The summed E-state index contributed by atoms with van der Waals surface area (Å²) in [5.41, 5.74) is 0.368. The first-order chi connectivity index (χ1) is 7.88. The zero-order valence-electron chi connectivity index (χ0n) is 8.64. The van der Waals surface area contributed by atoms with E-state index < -0.39 is 11.7 Å². The maximum atomic E-state index is 12.5. The second-order valence-corrected chi connectivity index (χ2v) is 5.37. The van der Waals surface area contributed by atoms with Gasteiger partial charge >= 0.3 is 6.18 Å². The van der Waals surface area contributed by atoms with Crippen molar-refractivity contribution in [2.24, 2.45) is 0 Å². The third-order valence-corrected chi connectivity index (χ3v) is 3.83. The number of hydrogen-bond donors (Lipinski definition) is 1. The summed E-state index contributed by atoms with van der Waals surface area (Å²) in [5.74, 6) is -0.149. The highest BCUT2D eigenvalue weighted by atomic mass is 127. The molecule has 1 aliphatic heterocycles. The molecule has 1 heterocycles. The molecule has 17 heavy (non-hydrogen) atoms. The molecule has 1 N–H and O–H groups in total. The zero-order valence-corrected chi connectivity index (χ0v) is 10.8. The lowest BCUT2D eigenvalue weighted by atomic mass is 10.0. The fourth-order valence-corrected chi connectivity index (χ4v) is 2.19. The van der Waals surface area contributed by atoms with Crippen LogP contribution in [-0.2, 0) is 17.4 Å². The summed E-state index contributed by atoms with van der Waals surface area (Å²) in [6, 6.07) is 3.43. The van der Waals surface area contributed by atoms with Gasteiger partial charge in [-0.3, -0.25) is 4.79 Å². The Morgan fingerprint density at radius 3 is 2.71 bits per heavy atom. The molecule has 0 radical (unpaired) electrons. The first-order valence-electron chi connectivity index (χ1n) is 5.03. The van der Waals surface area contributed by atoms with Crippen LogP contribution in [-0.4, -0.2) is 9.83 Å². The molecule has 2 rings (SSSR count). The number of aryl methyl sites for hydroxylation is 1. The van der Waals surface area contributed by atoms with E-state index in [4.69, 9.17) is 0 Å². The van der Waals surface area contributed by atoms with Crippen LogP contribution in [0.4, 0.5) is 18.9 Å². The van der Waals surface area contributed by atoms with Gasteiger partial charge in [0, 0.05) is 5.69 Å². The number of alkyl halides is 4. The number of nitrogens with one attached hydrogen (secondary N) is 1. The van der Waals surface area contributed by atoms with Crippen molar-refractivity contribution in [2.45, 2.75) is 22.9 Å². The van der Waals surface area contributed by atoms with Crippen LogP contribution in [0.25, 0.3) is 0 Å². The van der Waals surface area contributed by atoms with Crippen LogP contribution in [0.15, 0.2) is 18.2 Å². The molecule has 92 valence electrons. The molecular weight excluding hydrogens is 346 g/mol. The van der Waals surface area contributed by atoms with E-state index in [0.29, 0.717) is 24.1 Å². The second kappa shape index (κ2) is 4.47. The summed E-state index contributed by atoms with van der Waals surface area (Å²) < 4.78 is 37.4. The average Bonchev–Trinajstić information content (AvgIpc) is 2.38. The van der Waals surface area contributed by atoms with Crippen molar-refractivity contribution in [3.8, 4) is 0 Å². The molecule has 1 atom stereocenters. The standard InChI is InChI=1S/C11H9F3INO/c12-11(13,14)7-2-4-9-6(5-7)1-3-8(15)10(17)16-9/h2,4-5,8H,1,3H2,(H,16,17). The van der Waals surface area contributed by atoms with Crippen LogP contribution in [0.1, 0.15) is 17.5 Å². The van der Waals surface area contributed by atoms with Gasteiger partial charge in [0.05, 0.1) is 9.49 Å². The highest BCUT2D eigenvalue weighted by Crippen LogP contribution is 2.33. The van der Waals surface area contributed by atoms with Gasteiger partial charge < -0.3 is 5.32 Å². The largest absolute Gasteiger partial charge is 0.416 e. The van der Waals surface area contributed by atoms with E-state index in [0.717, 1.165) is 12.1 Å². The van der Waals surface area contributed by atoms with Crippen LogP contribution in [0.5, 0.6) is 0 Å². The van der Waals surface area contributed by atoms with Crippen molar-refractivity contribution in [1.82, 2.24) is 0 Å². The van der Waals surface area contributed by atoms with Gasteiger partial charge in [-0.05, 0) is 36.6 Å². The summed E-state index contributed by atoms with van der Waals surface area (Å²) >= 11 is 2.00. The molecule has 2 nitrogen and oxygen atoms in total. The fourth-order valence-electron chi connectivity index (χ4n) is 1.72. The fraction of sp³-hybridized carbons (Fsp3) is 0.364.